The molecule has 0 aliphatic heterocycles. The molecule has 1 nitrogen and oxygen atoms in total. The van der Waals surface area contributed by atoms with Crippen LogP contribution in [0.3, 0.4) is 0 Å². The van der Waals surface area contributed by atoms with E-state index in [1.54, 1.807) is 0 Å². The molecule has 1 fully saturated rings. The molecule has 0 spiro atoms. The molecular formula is C12H25NS. The van der Waals surface area contributed by atoms with Crippen LogP contribution < -0.4 is 5.32 Å². The van der Waals surface area contributed by atoms with Crippen LogP contribution in [0, 0.1) is 0 Å². The lowest BCUT2D eigenvalue weighted by Gasteiger charge is -2.28. The third kappa shape index (κ3) is 4.22. The van der Waals surface area contributed by atoms with E-state index < -0.39 is 0 Å². The monoisotopic (exact) mass is 215 g/mol. The summed E-state index contributed by atoms with van der Waals surface area (Å²) < 4.78 is 0. The van der Waals surface area contributed by atoms with Crippen LogP contribution in [-0.2, 0) is 0 Å². The Morgan fingerprint density at radius 1 is 1.14 bits per heavy atom. The lowest BCUT2D eigenvalue weighted by molar-refractivity contribution is 0.420. The molecule has 0 aromatic rings. The minimum atomic E-state index is 0.770. The summed E-state index contributed by atoms with van der Waals surface area (Å²) in [6.45, 7) is 2.28. The smallest absolute Gasteiger partial charge is 0.0201 e. The molecule has 1 saturated carbocycles. The largest absolute Gasteiger partial charge is 0.316 e. The van der Waals surface area contributed by atoms with Crippen LogP contribution in [0.4, 0.5) is 0 Å². The molecule has 84 valence electrons. The van der Waals surface area contributed by atoms with Gasteiger partial charge in [-0.1, -0.05) is 32.6 Å². The van der Waals surface area contributed by atoms with Gasteiger partial charge in [-0.15, -0.1) is 0 Å². The molecular weight excluding hydrogens is 190 g/mol. The van der Waals surface area contributed by atoms with Crippen molar-refractivity contribution in [2.45, 2.75) is 63.2 Å². The summed E-state index contributed by atoms with van der Waals surface area (Å²) in [7, 11) is 2.13. The SMILES string of the molecule is CCCSC1CCCCCCC1NC. The zero-order valence-corrected chi connectivity index (χ0v) is 10.5. The molecule has 1 N–H and O–H groups in total. The molecule has 1 aliphatic rings. The van der Waals surface area contributed by atoms with Gasteiger partial charge >= 0.3 is 0 Å². The first-order valence-corrected chi connectivity index (χ1v) is 7.22. The van der Waals surface area contributed by atoms with Gasteiger partial charge in [0.05, 0.1) is 0 Å². The highest BCUT2D eigenvalue weighted by molar-refractivity contribution is 7.99. The number of rotatable bonds is 4. The summed E-state index contributed by atoms with van der Waals surface area (Å²) in [4.78, 5) is 0. The van der Waals surface area contributed by atoms with Crippen LogP contribution in [-0.4, -0.2) is 24.1 Å². The number of thioether (sulfide) groups is 1. The summed E-state index contributed by atoms with van der Waals surface area (Å²) in [6, 6.07) is 0.770. The topological polar surface area (TPSA) is 12.0 Å². The van der Waals surface area contributed by atoms with Crippen LogP contribution in [0.5, 0.6) is 0 Å². The van der Waals surface area contributed by atoms with E-state index in [9.17, 15) is 0 Å². The van der Waals surface area contributed by atoms with E-state index in [2.05, 4.69) is 31.1 Å². The normalized spacial score (nSPS) is 29.6. The van der Waals surface area contributed by atoms with Crippen molar-refractivity contribution in [3.05, 3.63) is 0 Å². The van der Waals surface area contributed by atoms with Crippen LogP contribution in [0.25, 0.3) is 0 Å². The van der Waals surface area contributed by atoms with Gasteiger partial charge in [0.15, 0.2) is 0 Å². The minimum Gasteiger partial charge on any atom is -0.316 e. The molecule has 2 unspecified atom stereocenters. The lowest BCUT2D eigenvalue weighted by Crippen LogP contribution is -2.36. The second kappa shape index (κ2) is 7.58. The highest BCUT2D eigenvalue weighted by Gasteiger charge is 2.20. The number of hydrogen-bond donors (Lipinski definition) is 1. The Balaban J connectivity index is 2.37. The maximum Gasteiger partial charge on any atom is 0.0201 e. The maximum atomic E-state index is 3.51. The molecule has 0 amide bonds. The van der Waals surface area contributed by atoms with Crippen molar-refractivity contribution in [1.82, 2.24) is 5.32 Å². The fourth-order valence-corrected chi connectivity index (χ4v) is 3.63. The van der Waals surface area contributed by atoms with Crippen molar-refractivity contribution < 1.29 is 0 Å². The Kier molecular flexibility index (Phi) is 6.70. The average molecular weight is 215 g/mol. The van der Waals surface area contributed by atoms with Gasteiger partial charge in [0.2, 0.25) is 0 Å². The Hall–Kier alpha value is 0.310. The predicted molar refractivity (Wildman–Crippen MR) is 67.1 cm³/mol. The molecule has 0 aromatic heterocycles. The number of hydrogen-bond acceptors (Lipinski definition) is 2. The Bertz CT molecular complexity index is 136. The van der Waals surface area contributed by atoms with E-state index in [0.29, 0.717) is 0 Å². The summed E-state index contributed by atoms with van der Waals surface area (Å²) >= 11 is 2.19. The van der Waals surface area contributed by atoms with Crippen molar-refractivity contribution in [3.63, 3.8) is 0 Å². The van der Waals surface area contributed by atoms with Gasteiger partial charge in [-0.3, -0.25) is 0 Å². The molecule has 1 rings (SSSR count). The summed E-state index contributed by atoms with van der Waals surface area (Å²) in [5.74, 6) is 1.34. The lowest BCUT2D eigenvalue weighted by atomic mass is 9.96. The van der Waals surface area contributed by atoms with E-state index in [1.807, 2.05) is 0 Å². The van der Waals surface area contributed by atoms with Crippen LogP contribution in [0.15, 0.2) is 0 Å². The van der Waals surface area contributed by atoms with Crippen molar-refractivity contribution >= 4 is 11.8 Å². The highest BCUT2D eigenvalue weighted by atomic mass is 32.2. The van der Waals surface area contributed by atoms with E-state index in [-0.39, 0.29) is 0 Å². The molecule has 0 heterocycles. The molecule has 14 heavy (non-hydrogen) atoms. The first kappa shape index (κ1) is 12.4. The van der Waals surface area contributed by atoms with Gasteiger partial charge in [0.25, 0.3) is 0 Å². The van der Waals surface area contributed by atoms with Gasteiger partial charge in [-0.05, 0) is 32.1 Å². The van der Waals surface area contributed by atoms with Crippen LogP contribution in [0.1, 0.15) is 51.9 Å². The molecule has 2 heteroatoms. The fraction of sp³-hybridized carbons (Fsp3) is 1.00. The van der Waals surface area contributed by atoms with Crippen molar-refractivity contribution in [2.24, 2.45) is 0 Å². The van der Waals surface area contributed by atoms with Crippen LogP contribution in [0.2, 0.25) is 0 Å². The fourth-order valence-electron chi connectivity index (χ4n) is 2.25. The molecule has 1 aliphatic carbocycles. The van der Waals surface area contributed by atoms with Gasteiger partial charge in [0, 0.05) is 11.3 Å². The Morgan fingerprint density at radius 3 is 2.50 bits per heavy atom. The van der Waals surface area contributed by atoms with Crippen molar-refractivity contribution in [3.8, 4) is 0 Å². The van der Waals surface area contributed by atoms with E-state index in [0.717, 1.165) is 11.3 Å². The zero-order chi connectivity index (χ0) is 10.2. The zero-order valence-electron chi connectivity index (χ0n) is 9.72. The van der Waals surface area contributed by atoms with Gasteiger partial charge in [0.1, 0.15) is 0 Å². The quantitative estimate of drug-likeness (QED) is 0.771. The summed E-state index contributed by atoms with van der Waals surface area (Å²) in [5.41, 5.74) is 0. The summed E-state index contributed by atoms with van der Waals surface area (Å²) in [6.07, 6.45) is 9.91. The summed E-state index contributed by atoms with van der Waals surface area (Å²) in [5, 5.41) is 4.39. The van der Waals surface area contributed by atoms with E-state index >= 15 is 0 Å². The van der Waals surface area contributed by atoms with Gasteiger partial charge in [-0.25, -0.2) is 0 Å². The van der Waals surface area contributed by atoms with E-state index in [4.69, 9.17) is 0 Å². The second-order valence-corrected chi connectivity index (χ2v) is 5.64. The Labute approximate surface area is 93.4 Å². The maximum absolute atomic E-state index is 3.51. The van der Waals surface area contributed by atoms with Gasteiger partial charge in [-0.2, -0.15) is 11.8 Å². The average Bonchev–Trinajstić information content (AvgIpc) is 2.17. The standard InChI is InChI=1S/C12H25NS/c1-3-10-14-12-9-7-5-4-6-8-11(12)13-2/h11-13H,3-10H2,1-2H3. The highest BCUT2D eigenvalue weighted by Crippen LogP contribution is 2.27. The molecule has 0 bridgehead atoms. The molecule has 2 atom stereocenters. The minimum absolute atomic E-state index is 0.770. The third-order valence-corrected chi connectivity index (χ3v) is 4.75. The van der Waals surface area contributed by atoms with Crippen LogP contribution >= 0.6 is 11.8 Å². The van der Waals surface area contributed by atoms with Gasteiger partial charge < -0.3 is 5.32 Å². The Morgan fingerprint density at radius 2 is 1.86 bits per heavy atom. The molecule has 0 saturated heterocycles. The first-order chi connectivity index (χ1) is 6.88. The first-order valence-electron chi connectivity index (χ1n) is 6.17. The number of nitrogens with one attached hydrogen (secondary N) is 1. The molecule has 0 aromatic carbocycles. The van der Waals surface area contributed by atoms with Crippen molar-refractivity contribution in [1.29, 1.82) is 0 Å². The molecule has 0 radical (unpaired) electrons. The van der Waals surface area contributed by atoms with E-state index in [1.165, 1.54) is 50.7 Å². The predicted octanol–water partition coefficient (Wildman–Crippen LogP) is 3.44. The third-order valence-electron chi connectivity index (χ3n) is 3.11. The second-order valence-electron chi connectivity index (χ2n) is 4.30. The van der Waals surface area contributed by atoms with Crippen molar-refractivity contribution in [2.75, 3.05) is 12.8 Å².